The summed E-state index contributed by atoms with van der Waals surface area (Å²) < 4.78 is 5.96. The summed E-state index contributed by atoms with van der Waals surface area (Å²) in [7, 11) is 2.21. The van der Waals surface area contributed by atoms with Gasteiger partial charge >= 0.3 is 0 Å². The Labute approximate surface area is 192 Å². The molecule has 174 valence electrons. The van der Waals surface area contributed by atoms with E-state index in [0.29, 0.717) is 12.3 Å². The van der Waals surface area contributed by atoms with Crippen LogP contribution in [0.15, 0.2) is 34.7 Å². The number of nitrogens with zero attached hydrogens (tertiary/aromatic N) is 4. The maximum Gasteiger partial charge on any atom is 0.228 e. The molecule has 0 atom stereocenters. The van der Waals surface area contributed by atoms with Crippen molar-refractivity contribution in [1.29, 1.82) is 0 Å². The van der Waals surface area contributed by atoms with Crippen LogP contribution in [0.25, 0.3) is 11.3 Å². The van der Waals surface area contributed by atoms with Gasteiger partial charge in [0, 0.05) is 51.6 Å². The first-order valence-corrected chi connectivity index (χ1v) is 12.0. The summed E-state index contributed by atoms with van der Waals surface area (Å²) in [5.74, 6) is 2.46. The van der Waals surface area contributed by atoms with Crippen molar-refractivity contribution in [3.63, 3.8) is 0 Å². The lowest BCUT2D eigenvalue weighted by Gasteiger charge is -2.40. The molecular weight excluding hydrogens is 400 g/mol. The molecule has 2 aliphatic heterocycles. The Bertz CT molecular complexity index is 892. The number of rotatable bonds is 6. The first kappa shape index (κ1) is 23.0. The van der Waals surface area contributed by atoms with Gasteiger partial charge in [-0.1, -0.05) is 44.2 Å². The Balaban J connectivity index is 1.35. The number of amides is 1. The Morgan fingerprint density at radius 1 is 1.06 bits per heavy atom. The summed E-state index contributed by atoms with van der Waals surface area (Å²) in [5.41, 5.74) is 1.35. The fourth-order valence-electron chi connectivity index (χ4n) is 5.06. The van der Waals surface area contributed by atoms with Crippen molar-refractivity contribution in [2.75, 3.05) is 52.9 Å². The topological polar surface area (TPSA) is 52.8 Å². The Morgan fingerprint density at radius 3 is 2.38 bits per heavy atom. The van der Waals surface area contributed by atoms with Crippen LogP contribution in [0.5, 0.6) is 0 Å². The van der Waals surface area contributed by atoms with Gasteiger partial charge in [-0.15, -0.1) is 0 Å². The summed E-state index contributed by atoms with van der Waals surface area (Å²) in [5, 5.41) is 0. The molecule has 6 heteroatoms. The van der Waals surface area contributed by atoms with Crippen molar-refractivity contribution in [1.82, 2.24) is 19.7 Å². The number of benzene rings is 1. The summed E-state index contributed by atoms with van der Waals surface area (Å²) in [6, 6.07) is 10.1. The highest BCUT2D eigenvalue weighted by atomic mass is 16.4. The van der Waals surface area contributed by atoms with E-state index < -0.39 is 5.41 Å². The van der Waals surface area contributed by atoms with Crippen LogP contribution >= 0.6 is 0 Å². The first-order chi connectivity index (χ1) is 15.3. The summed E-state index contributed by atoms with van der Waals surface area (Å²) in [4.78, 5) is 25.1. The molecular formula is C26H38N4O2. The second-order valence-corrected chi connectivity index (χ2v) is 10.3. The standard InChI is InChI=1S/C26H38N4O2/c1-20-27-24(22-8-6-5-7-9-22)23(32-20)18-26(2,3)25(31)30-16-14-29(15-17-30)19-21-10-12-28(4)13-11-21/h5-9,21H,10-19H2,1-4H3. The van der Waals surface area contributed by atoms with Gasteiger partial charge < -0.3 is 14.2 Å². The van der Waals surface area contributed by atoms with Crippen LogP contribution in [-0.2, 0) is 11.2 Å². The van der Waals surface area contributed by atoms with Crippen molar-refractivity contribution in [2.24, 2.45) is 11.3 Å². The monoisotopic (exact) mass is 438 g/mol. The minimum absolute atomic E-state index is 0.213. The quantitative estimate of drug-likeness (QED) is 0.688. The molecule has 0 saturated carbocycles. The maximum absolute atomic E-state index is 13.5. The number of hydrogen-bond acceptors (Lipinski definition) is 5. The van der Waals surface area contributed by atoms with Gasteiger partial charge in [0.1, 0.15) is 11.5 Å². The van der Waals surface area contributed by atoms with Crippen LogP contribution in [0, 0.1) is 18.3 Å². The zero-order valence-corrected chi connectivity index (χ0v) is 20.1. The molecule has 0 spiro atoms. The van der Waals surface area contributed by atoms with E-state index in [-0.39, 0.29) is 5.91 Å². The second kappa shape index (κ2) is 9.75. The normalized spacial score (nSPS) is 19.4. The second-order valence-electron chi connectivity index (χ2n) is 10.3. The number of carbonyl (C=O) groups is 1. The van der Waals surface area contributed by atoms with Crippen molar-refractivity contribution >= 4 is 5.91 Å². The molecule has 1 amide bonds. The Kier molecular flexibility index (Phi) is 7.01. The lowest BCUT2D eigenvalue weighted by atomic mass is 9.85. The van der Waals surface area contributed by atoms with Crippen LogP contribution in [0.1, 0.15) is 38.3 Å². The fourth-order valence-corrected chi connectivity index (χ4v) is 5.06. The van der Waals surface area contributed by atoms with E-state index in [9.17, 15) is 4.79 Å². The Morgan fingerprint density at radius 2 is 1.72 bits per heavy atom. The molecule has 2 saturated heterocycles. The minimum atomic E-state index is -0.536. The fraction of sp³-hybridized carbons (Fsp3) is 0.615. The van der Waals surface area contributed by atoms with Crippen LogP contribution in [0.2, 0.25) is 0 Å². The molecule has 0 radical (unpaired) electrons. The molecule has 2 aromatic rings. The molecule has 1 aromatic heterocycles. The van der Waals surface area contributed by atoms with Gasteiger partial charge in [0.15, 0.2) is 5.89 Å². The van der Waals surface area contributed by atoms with E-state index in [1.165, 1.54) is 32.5 Å². The summed E-state index contributed by atoms with van der Waals surface area (Å²) in [6.07, 6.45) is 3.14. The van der Waals surface area contributed by atoms with Gasteiger partial charge in [-0.05, 0) is 38.9 Å². The lowest BCUT2D eigenvalue weighted by Crippen LogP contribution is -2.53. The number of aryl methyl sites for hydroxylation is 1. The molecule has 4 rings (SSSR count). The number of carbonyl (C=O) groups excluding carboxylic acids is 1. The van der Waals surface area contributed by atoms with E-state index in [1.807, 2.05) is 51.1 Å². The number of piperidine rings is 1. The first-order valence-electron chi connectivity index (χ1n) is 12.0. The van der Waals surface area contributed by atoms with E-state index in [0.717, 1.165) is 49.1 Å². The average molecular weight is 439 g/mol. The van der Waals surface area contributed by atoms with Crippen LogP contribution in [-0.4, -0.2) is 78.5 Å². The van der Waals surface area contributed by atoms with Gasteiger partial charge in [-0.3, -0.25) is 9.69 Å². The van der Waals surface area contributed by atoms with Gasteiger partial charge in [-0.25, -0.2) is 4.98 Å². The third-order valence-corrected chi connectivity index (χ3v) is 7.05. The van der Waals surface area contributed by atoms with E-state index in [1.54, 1.807) is 0 Å². The van der Waals surface area contributed by atoms with Gasteiger partial charge in [-0.2, -0.15) is 0 Å². The van der Waals surface area contributed by atoms with Crippen molar-refractivity contribution in [3.05, 3.63) is 42.0 Å². The predicted octanol–water partition coefficient (Wildman–Crippen LogP) is 3.70. The zero-order chi connectivity index (χ0) is 22.7. The third-order valence-electron chi connectivity index (χ3n) is 7.05. The van der Waals surface area contributed by atoms with Gasteiger partial charge in [0.2, 0.25) is 5.91 Å². The lowest BCUT2D eigenvalue weighted by molar-refractivity contribution is -0.142. The van der Waals surface area contributed by atoms with Crippen LogP contribution in [0.4, 0.5) is 0 Å². The largest absolute Gasteiger partial charge is 0.445 e. The van der Waals surface area contributed by atoms with E-state index in [2.05, 4.69) is 26.7 Å². The van der Waals surface area contributed by atoms with E-state index in [4.69, 9.17) is 4.42 Å². The Hall–Kier alpha value is -2.18. The van der Waals surface area contributed by atoms with E-state index >= 15 is 0 Å². The highest BCUT2D eigenvalue weighted by Crippen LogP contribution is 2.32. The average Bonchev–Trinajstić information content (AvgIpc) is 3.15. The maximum atomic E-state index is 13.5. The molecule has 3 heterocycles. The minimum Gasteiger partial charge on any atom is -0.445 e. The third kappa shape index (κ3) is 5.41. The highest BCUT2D eigenvalue weighted by molar-refractivity contribution is 5.82. The van der Waals surface area contributed by atoms with Crippen LogP contribution < -0.4 is 0 Å². The van der Waals surface area contributed by atoms with Gasteiger partial charge in [0.25, 0.3) is 0 Å². The summed E-state index contributed by atoms with van der Waals surface area (Å²) >= 11 is 0. The molecule has 2 aliphatic rings. The smallest absolute Gasteiger partial charge is 0.228 e. The number of piperazine rings is 1. The highest BCUT2D eigenvalue weighted by Gasteiger charge is 2.36. The molecule has 6 nitrogen and oxygen atoms in total. The van der Waals surface area contributed by atoms with Crippen LogP contribution in [0.3, 0.4) is 0 Å². The molecule has 1 aromatic carbocycles. The molecule has 0 bridgehead atoms. The van der Waals surface area contributed by atoms with Crippen molar-refractivity contribution in [3.8, 4) is 11.3 Å². The van der Waals surface area contributed by atoms with Gasteiger partial charge in [0.05, 0.1) is 5.41 Å². The molecule has 32 heavy (non-hydrogen) atoms. The number of hydrogen-bond donors (Lipinski definition) is 0. The van der Waals surface area contributed by atoms with Crippen molar-refractivity contribution in [2.45, 2.75) is 40.0 Å². The molecule has 0 unspecified atom stereocenters. The predicted molar refractivity (Wildman–Crippen MR) is 127 cm³/mol. The zero-order valence-electron chi connectivity index (χ0n) is 20.1. The number of oxazole rings is 1. The molecule has 0 N–H and O–H groups in total. The molecule has 2 fully saturated rings. The number of likely N-dealkylation sites (tertiary alicyclic amines) is 1. The molecule has 0 aliphatic carbocycles. The van der Waals surface area contributed by atoms with Crippen molar-refractivity contribution < 1.29 is 9.21 Å². The SMILES string of the molecule is Cc1nc(-c2ccccc2)c(CC(C)(C)C(=O)N2CCN(CC3CCN(C)CC3)CC2)o1. The number of aromatic nitrogens is 1. The summed E-state index contributed by atoms with van der Waals surface area (Å²) in [6.45, 7) is 13.1.